The van der Waals surface area contributed by atoms with E-state index in [0.29, 0.717) is 16.9 Å². The number of amides is 2. The second kappa shape index (κ2) is 12.1. The molecule has 11 heteroatoms. The maximum Gasteiger partial charge on any atom is 0.326 e. The first kappa shape index (κ1) is 26.6. The molecule has 2 aromatic carbocycles. The molecule has 0 fully saturated rings. The van der Waals surface area contributed by atoms with E-state index in [4.69, 9.17) is 4.74 Å². The summed E-state index contributed by atoms with van der Waals surface area (Å²) in [4.78, 5) is 51.9. The van der Waals surface area contributed by atoms with E-state index in [-0.39, 0.29) is 12.8 Å². The molecule has 1 heterocycles. The number of thiol groups is 1. The van der Waals surface area contributed by atoms with Crippen LogP contribution in [0.5, 0.6) is 5.75 Å². The van der Waals surface area contributed by atoms with E-state index in [9.17, 15) is 29.4 Å². The molecule has 3 aromatic rings. The monoisotopic (exact) mass is 513 g/mol. The Balaban J connectivity index is 1.70. The molecule has 0 radical (unpaired) electrons. The summed E-state index contributed by atoms with van der Waals surface area (Å²) in [6.45, 7) is 0. The van der Waals surface area contributed by atoms with Crippen molar-refractivity contribution >= 4 is 47.3 Å². The minimum atomic E-state index is -1.49. The fourth-order valence-electron chi connectivity index (χ4n) is 3.82. The van der Waals surface area contributed by atoms with Gasteiger partial charge in [-0.2, -0.15) is 12.6 Å². The van der Waals surface area contributed by atoms with Crippen molar-refractivity contribution in [2.45, 2.75) is 36.6 Å². The lowest BCUT2D eigenvalue weighted by Gasteiger charge is -2.22. The Bertz CT molecular complexity index is 1260. The number of carboxylic acid groups (broad SMARTS) is 2. The normalized spacial score (nSPS) is 13.4. The topological polar surface area (TPSA) is 158 Å². The number of carboxylic acids is 2. The van der Waals surface area contributed by atoms with Crippen LogP contribution >= 0.6 is 12.6 Å². The standard InChI is InChI=1S/C25H27N3O7S/c1-35-20-9-5-2-6-14(20)11-21(36)24(32)27-18(12-22(29)30)23(31)28-19(25(33)34)10-15-13-26-17-8-4-3-7-16(15)17/h2-9,13,18-19,21,26,36H,10-12H2,1H3,(H,27,32)(H,28,31)(H,29,30)(H,33,34). The molecule has 0 aliphatic carbocycles. The van der Waals surface area contributed by atoms with Crippen LogP contribution in [0.3, 0.4) is 0 Å². The van der Waals surface area contributed by atoms with Crippen molar-refractivity contribution in [2.75, 3.05) is 7.11 Å². The number of benzene rings is 2. The Hall–Kier alpha value is -3.99. The number of H-pyrrole nitrogens is 1. The lowest BCUT2D eigenvalue weighted by molar-refractivity contribution is -0.143. The number of fused-ring (bicyclic) bond motifs is 1. The van der Waals surface area contributed by atoms with Gasteiger partial charge in [-0.15, -0.1) is 0 Å². The van der Waals surface area contributed by atoms with Crippen LogP contribution in [0.2, 0.25) is 0 Å². The summed E-state index contributed by atoms with van der Waals surface area (Å²) in [7, 11) is 1.49. The molecule has 0 bridgehead atoms. The third-order valence-corrected chi connectivity index (χ3v) is 6.05. The number of nitrogens with one attached hydrogen (secondary N) is 3. The van der Waals surface area contributed by atoms with Gasteiger partial charge in [0.25, 0.3) is 0 Å². The summed E-state index contributed by atoms with van der Waals surface area (Å²) in [6, 6.07) is 11.5. The maximum atomic E-state index is 12.9. The molecule has 2 amide bonds. The van der Waals surface area contributed by atoms with E-state index in [2.05, 4.69) is 28.2 Å². The number of aliphatic carboxylic acids is 2. The summed E-state index contributed by atoms with van der Waals surface area (Å²) in [6.07, 6.45) is 1.05. The van der Waals surface area contributed by atoms with Crippen molar-refractivity contribution in [3.8, 4) is 5.75 Å². The van der Waals surface area contributed by atoms with Crippen molar-refractivity contribution < 1.29 is 34.1 Å². The average molecular weight is 514 g/mol. The van der Waals surface area contributed by atoms with Crippen LogP contribution in [0.1, 0.15) is 17.5 Å². The van der Waals surface area contributed by atoms with Crippen molar-refractivity contribution in [1.29, 1.82) is 0 Å². The van der Waals surface area contributed by atoms with Crippen molar-refractivity contribution in [2.24, 2.45) is 0 Å². The van der Waals surface area contributed by atoms with E-state index >= 15 is 0 Å². The molecule has 3 atom stereocenters. The molecule has 3 rings (SSSR count). The predicted octanol–water partition coefficient (Wildman–Crippen LogP) is 1.79. The zero-order valence-electron chi connectivity index (χ0n) is 19.4. The second-order valence-corrected chi connectivity index (χ2v) is 8.78. The van der Waals surface area contributed by atoms with Gasteiger partial charge in [-0.05, 0) is 29.7 Å². The highest BCUT2D eigenvalue weighted by atomic mass is 32.1. The number of hydrogen-bond acceptors (Lipinski definition) is 6. The van der Waals surface area contributed by atoms with Gasteiger partial charge >= 0.3 is 11.9 Å². The minimum absolute atomic E-state index is 0.0399. The zero-order chi connectivity index (χ0) is 26.2. The van der Waals surface area contributed by atoms with Crippen LogP contribution in [-0.4, -0.2) is 63.4 Å². The highest BCUT2D eigenvalue weighted by molar-refractivity contribution is 7.81. The Labute approximate surface area is 212 Å². The van der Waals surface area contributed by atoms with Gasteiger partial charge in [0.05, 0.1) is 18.8 Å². The van der Waals surface area contributed by atoms with E-state index in [1.165, 1.54) is 7.11 Å². The molecule has 10 nitrogen and oxygen atoms in total. The number of hydrogen-bond donors (Lipinski definition) is 6. The maximum absolute atomic E-state index is 12.9. The number of para-hydroxylation sites is 2. The van der Waals surface area contributed by atoms with Gasteiger partial charge in [0, 0.05) is 23.5 Å². The Morgan fingerprint density at radius 1 is 0.917 bits per heavy atom. The molecule has 0 saturated carbocycles. The van der Waals surface area contributed by atoms with Gasteiger partial charge in [0.2, 0.25) is 11.8 Å². The molecular formula is C25H27N3O7S. The molecule has 0 aliphatic heterocycles. The Morgan fingerprint density at radius 3 is 2.28 bits per heavy atom. The smallest absolute Gasteiger partial charge is 0.326 e. The first-order chi connectivity index (χ1) is 17.2. The summed E-state index contributed by atoms with van der Waals surface area (Å²) >= 11 is 4.31. The van der Waals surface area contributed by atoms with Crippen LogP contribution in [0, 0.1) is 0 Å². The van der Waals surface area contributed by atoms with Crippen molar-refractivity contribution in [1.82, 2.24) is 15.6 Å². The lowest BCUT2D eigenvalue weighted by Crippen LogP contribution is -2.54. The molecular weight excluding hydrogens is 486 g/mol. The number of aromatic nitrogens is 1. The molecule has 1 aromatic heterocycles. The molecule has 36 heavy (non-hydrogen) atoms. The Kier molecular flexibility index (Phi) is 8.96. The fourth-order valence-corrected chi connectivity index (χ4v) is 4.09. The lowest BCUT2D eigenvalue weighted by atomic mass is 10.0. The van der Waals surface area contributed by atoms with E-state index in [0.717, 1.165) is 10.9 Å². The minimum Gasteiger partial charge on any atom is -0.496 e. The highest BCUT2D eigenvalue weighted by Gasteiger charge is 2.30. The number of ether oxygens (including phenoxy) is 1. The van der Waals surface area contributed by atoms with E-state index < -0.39 is 47.5 Å². The summed E-state index contributed by atoms with van der Waals surface area (Å²) in [5.41, 5.74) is 2.19. The summed E-state index contributed by atoms with van der Waals surface area (Å²) in [5.74, 6) is -3.66. The first-order valence-electron chi connectivity index (χ1n) is 11.1. The molecule has 0 aliphatic rings. The Morgan fingerprint density at radius 2 is 1.58 bits per heavy atom. The quantitative estimate of drug-likeness (QED) is 0.202. The van der Waals surface area contributed by atoms with E-state index in [1.54, 1.807) is 30.5 Å². The first-order valence-corrected chi connectivity index (χ1v) is 11.6. The predicted molar refractivity (Wildman–Crippen MR) is 135 cm³/mol. The number of rotatable bonds is 12. The molecule has 0 spiro atoms. The van der Waals surface area contributed by atoms with Gasteiger partial charge in [0.1, 0.15) is 17.8 Å². The van der Waals surface area contributed by atoms with Gasteiger partial charge in [-0.1, -0.05) is 36.4 Å². The van der Waals surface area contributed by atoms with Crippen molar-refractivity contribution in [3.05, 3.63) is 65.9 Å². The SMILES string of the molecule is COc1ccccc1CC(S)C(=O)NC(CC(=O)O)C(=O)NC(Cc1c[nH]c2ccccc12)C(=O)O. The number of aromatic amines is 1. The summed E-state index contributed by atoms with van der Waals surface area (Å²) < 4.78 is 5.27. The highest BCUT2D eigenvalue weighted by Crippen LogP contribution is 2.21. The van der Waals surface area contributed by atoms with Crippen LogP contribution in [-0.2, 0) is 32.0 Å². The van der Waals surface area contributed by atoms with Gasteiger partial charge < -0.3 is 30.6 Å². The number of carbonyl (C=O) groups is 4. The molecule has 190 valence electrons. The number of methoxy groups -OCH3 is 1. The van der Waals surface area contributed by atoms with Gasteiger partial charge in [-0.25, -0.2) is 4.79 Å². The van der Waals surface area contributed by atoms with Crippen LogP contribution in [0.25, 0.3) is 10.9 Å². The molecule has 0 saturated heterocycles. The number of carbonyl (C=O) groups excluding carboxylic acids is 2. The van der Waals surface area contributed by atoms with Crippen LogP contribution in [0.15, 0.2) is 54.7 Å². The van der Waals surface area contributed by atoms with Gasteiger partial charge in [0.15, 0.2) is 0 Å². The van der Waals surface area contributed by atoms with Crippen molar-refractivity contribution in [3.63, 3.8) is 0 Å². The largest absolute Gasteiger partial charge is 0.496 e. The van der Waals surface area contributed by atoms with E-state index in [1.807, 2.05) is 24.3 Å². The third-order valence-electron chi connectivity index (χ3n) is 5.63. The molecule has 5 N–H and O–H groups in total. The average Bonchev–Trinajstić information content (AvgIpc) is 3.25. The van der Waals surface area contributed by atoms with Crippen LogP contribution < -0.4 is 15.4 Å². The zero-order valence-corrected chi connectivity index (χ0v) is 20.3. The second-order valence-electron chi connectivity index (χ2n) is 8.15. The van der Waals surface area contributed by atoms with Crippen LogP contribution in [0.4, 0.5) is 0 Å². The summed E-state index contributed by atoms with van der Waals surface area (Å²) in [5, 5.41) is 23.6. The van der Waals surface area contributed by atoms with Gasteiger partial charge in [-0.3, -0.25) is 14.4 Å². The third kappa shape index (κ3) is 6.79. The molecule has 3 unspecified atom stereocenters. The fraction of sp³-hybridized carbons (Fsp3) is 0.280.